The second-order valence-corrected chi connectivity index (χ2v) is 9.52. The van der Waals surface area contributed by atoms with Crippen LogP contribution in [0.25, 0.3) is 11.8 Å². The molecule has 6 heteroatoms. The molecule has 0 bridgehead atoms. The summed E-state index contributed by atoms with van der Waals surface area (Å²) in [7, 11) is 0. The predicted molar refractivity (Wildman–Crippen MR) is 137 cm³/mol. The van der Waals surface area contributed by atoms with E-state index in [0.717, 1.165) is 32.6 Å². The number of benzene rings is 3. The highest BCUT2D eigenvalue weighted by Gasteiger charge is 2.22. The van der Waals surface area contributed by atoms with Gasteiger partial charge < -0.3 is 4.74 Å². The van der Waals surface area contributed by atoms with Crippen molar-refractivity contribution in [3.8, 4) is 5.75 Å². The molecule has 1 aliphatic rings. The van der Waals surface area contributed by atoms with Gasteiger partial charge in [-0.05, 0) is 60.0 Å². The molecule has 0 spiro atoms. The van der Waals surface area contributed by atoms with Gasteiger partial charge in [-0.25, -0.2) is 4.99 Å². The Bertz CT molecular complexity index is 1490. The summed E-state index contributed by atoms with van der Waals surface area (Å²) in [5, 5.41) is 0. The van der Waals surface area contributed by atoms with Crippen LogP contribution in [0.4, 0.5) is 0 Å². The fraction of sp³-hybridized carbons (Fsp3) is 0.111. The molecule has 4 aromatic rings. The van der Waals surface area contributed by atoms with Gasteiger partial charge in [0.15, 0.2) is 4.80 Å². The predicted octanol–water partition coefficient (Wildman–Crippen LogP) is 5.16. The summed E-state index contributed by atoms with van der Waals surface area (Å²) in [6.45, 7) is 2.58. The number of aromatic nitrogens is 1. The lowest BCUT2D eigenvalue weighted by Gasteiger charge is -2.19. The summed E-state index contributed by atoms with van der Waals surface area (Å²) in [5.41, 5.74) is 3.85. The Hall–Kier alpha value is -3.22. The molecule has 164 valence electrons. The maximum absolute atomic E-state index is 13.5. The standard InChI is InChI=1S/C27H21BrN2O2S/c1-2-32-22-14-8-18(9-15-22)16-25-26(31)30-24(20-10-12-21(28)13-11-20)17-23(29-27(30)33-25)19-6-4-3-5-7-19/h3-17,24H,2H2,1H3. The minimum atomic E-state index is -0.230. The Morgan fingerprint density at radius 1 is 1.03 bits per heavy atom. The van der Waals surface area contributed by atoms with Crippen molar-refractivity contribution in [1.82, 2.24) is 4.57 Å². The minimum Gasteiger partial charge on any atom is -0.494 e. The van der Waals surface area contributed by atoms with E-state index in [-0.39, 0.29) is 11.6 Å². The molecular weight excluding hydrogens is 496 g/mol. The highest BCUT2D eigenvalue weighted by Crippen LogP contribution is 2.27. The number of rotatable bonds is 5. The average Bonchev–Trinajstić information content (AvgIpc) is 3.16. The van der Waals surface area contributed by atoms with Crippen molar-refractivity contribution in [2.45, 2.75) is 13.0 Å². The van der Waals surface area contributed by atoms with Crippen molar-refractivity contribution < 1.29 is 4.74 Å². The first-order valence-electron chi connectivity index (χ1n) is 10.7. The van der Waals surface area contributed by atoms with Gasteiger partial charge in [0.25, 0.3) is 5.56 Å². The van der Waals surface area contributed by atoms with Crippen LogP contribution in [0.5, 0.6) is 5.75 Å². The molecule has 0 saturated carbocycles. The lowest BCUT2D eigenvalue weighted by molar-refractivity contribution is 0.340. The Labute approximate surface area is 204 Å². The number of hydrogen-bond acceptors (Lipinski definition) is 4. The van der Waals surface area contributed by atoms with Crippen molar-refractivity contribution in [2.75, 3.05) is 6.61 Å². The SMILES string of the molecule is CCOc1ccc(C=c2sc3n(c2=O)C(c2ccc(Br)cc2)C=C(c2ccccc2)N=3)cc1. The van der Waals surface area contributed by atoms with Crippen LogP contribution in [0, 0.1) is 0 Å². The van der Waals surface area contributed by atoms with Crippen molar-refractivity contribution >= 4 is 39.0 Å². The number of halogens is 1. The fourth-order valence-corrected chi connectivity index (χ4v) is 5.11. The summed E-state index contributed by atoms with van der Waals surface area (Å²) < 4.78 is 8.97. The van der Waals surface area contributed by atoms with Crippen LogP contribution in [0.2, 0.25) is 0 Å². The van der Waals surface area contributed by atoms with Gasteiger partial charge in [-0.1, -0.05) is 81.9 Å². The summed E-state index contributed by atoms with van der Waals surface area (Å²) in [5.74, 6) is 0.818. The molecule has 33 heavy (non-hydrogen) atoms. The summed E-state index contributed by atoms with van der Waals surface area (Å²) >= 11 is 4.92. The van der Waals surface area contributed by atoms with Gasteiger partial charge in [0.2, 0.25) is 0 Å². The molecule has 1 unspecified atom stereocenters. The Morgan fingerprint density at radius 3 is 2.45 bits per heavy atom. The zero-order valence-corrected chi connectivity index (χ0v) is 20.3. The minimum absolute atomic E-state index is 0.0380. The molecule has 0 aliphatic carbocycles. The highest BCUT2D eigenvalue weighted by molar-refractivity contribution is 9.10. The number of hydrogen-bond donors (Lipinski definition) is 0. The topological polar surface area (TPSA) is 43.6 Å². The number of allylic oxidation sites excluding steroid dienone is 1. The largest absolute Gasteiger partial charge is 0.494 e. The van der Waals surface area contributed by atoms with E-state index in [2.05, 4.69) is 22.0 Å². The maximum atomic E-state index is 13.5. The molecule has 0 radical (unpaired) electrons. The van der Waals surface area contributed by atoms with Gasteiger partial charge in [0.1, 0.15) is 5.75 Å². The normalized spacial score (nSPS) is 15.5. The molecule has 3 aromatic carbocycles. The van der Waals surface area contributed by atoms with E-state index in [9.17, 15) is 4.79 Å². The molecule has 1 aromatic heterocycles. The Morgan fingerprint density at radius 2 is 1.76 bits per heavy atom. The van der Waals surface area contributed by atoms with Gasteiger partial charge >= 0.3 is 0 Å². The van der Waals surface area contributed by atoms with E-state index >= 15 is 0 Å². The number of nitrogens with zero attached hydrogens (tertiary/aromatic N) is 2. The van der Waals surface area contributed by atoms with E-state index in [1.165, 1.54) is 11.3 Å². The molecule has 5 rings (SSSR count). The smallest absolute Gasteiger partial charge is 0.271 e. The second kappa shape index (κ2) is 9.33. The van der Waals surface area contributed by atoms with E-state index in [4.69, 9.17) is 9.73 Å². The van der Waals surface area contributed by atoms with Gasteiger partial charge in [-0.2, -0.15) is 0 Å². The van der Waals surface area contributed by atoms with E-state index in [1.54, 1.807) is 4.57 Å². The zero-order chi connectivity index (χ0) is 22.8. The lowest BCUT2D eigenvalue weighted by Crippen LogP contribution is -2.36. The molecular formula is C27H21BrN2O2S. The first-order valence-corrected chi connectivity index (χ1v) is 12.3. The molecule has 1 atom stereocenters. The number of ether oxygens (including phenoxy) is 1. The molecule has 0 fully saturated rings. The number of thiazole rings is 1. The fourth-order valence-electron chi connectivity index (χ4n) is 3.83. The van der Waals surface area contributed by atoms with Gasteiger partial charge in [0, 0.05) is 4.47 Å². The second-order valence-electron chi connectivity index (χ2n) is 7.60. The van der Waals surface area contributed by atoms with Crippen LogP contribution >= 0.6 is 27.3 Å². The molecule has 4 nitrogen and oxygen atoms in total. The van der Waals surface area contributed by atoms with E-state index in [1.807, 2.05) is 91.9 Å². The van der Waals surface area contributed by atoms with Crippen LogP contribution in [0.3, 0.4) is 0 Å². The van der Waals surface area contributed by atoms with Gasteiger partial charge in [0.05, 0.1) is 22.9 Å². The molecule has 0 N–H and O–H groups in total. The van der Waals surface area contributed by atoms with Crippen molar-refractivity contribution in [1.29, 1.82) is 0 Å². The Balaban J connectivity index is 1.66. The van der Waals surface area contributed by atoms with Crippen molar-refractivity contribution in [3.05, 3.63) is 126 Å². The van der Waals surface area contributed by atoms with Crippen LogP contribution in [0.15, 0.2) is 99.2 Å². The average molecular weight is 517 g/mol. The molecule has 0 amide bonds. The first-order chi connectivity index (χ1) is 16.1. The molecule has 2 heterocycles. The summed E-state index contributed by atoms with van der Waals surface area (Å²) in [6, 6.07) is 25.7. The van der Waals surface area contributed by atoms with Gasteiger partial charge in [-0.3, -0.25) is 9.36 Å². The zero-order valence-electron chi connectivity index (χ0n) is 17.9. The Kier molecular flexibility index (Phi) is 6.11. The maximum Gasteiger partial charge on any atom is 0.271 e. The first kappa shape index (κ1) is 21.6. The van der Waals surface area contributed by atoms with Crippen molar-refractivity contribution in [2.24, 2.45) is 4.99 Å². The van der Waals surface area contributed by atoms with E-state index in [0.29, 0.717) is 15.9 Å². The van der Waals surface area contributed by atoms with E-state index < -0.39 is 0 Å². The number of fused-ring (bicyclic) bond motifs is 1. The molecule has 1 aliphatic heterocycles. The third-order valence-corrected chi connectivity index (χ3v) is 6.93. The van der Waals surface area contributed by atoms with Crippen LogP contribution in [-0.2, 0) is 0 Å². The van der Waals surface area contributed by atoms with Crippen LogP contribution in [-0.4, -0.2) is 11.2 Å². The third kappa shape index (κ3) is 4.49. The third-order valence-electron chi connectivity index (χ3n) is 5.42. The highest BCUT2D eigenvalue weighted by atomic mass is 79.9. The lowest BCUT2D eigenvalue weighted by atomic mass is 10.0. The molecule has 0 saturated heterocycles. The van der Waals surface area contributed by atoms with Crippen molar-refractivity contribution in [3.63, 3.8) is 0 Å². The monoisotopic (exact) mass is 516 g/mol. The van der Waals surface area contributed by atoms with Crippen LogP contribution < -0.4 is 19.6 Å². The summed E-state index contributed by atoms with van der Waals surface area (Å²) in [4.78, 5) is 19.1. The van der Waals surface area contributed by atoms with Crippen LogP contribution in [0.1, 0.15) is 29.7 Å². The quantitative estimate of drug-likeness (QED) is 0.367. The summed E-state index contributed by atoms with van der Waals surface area (Å²) in [6.07, 6.45) is 3.99. The van der Waals surface area contributed by atoms with Gasteiger partial charge in [-0.15, -0.1) is 0 Å².